The summed E-state index contributed by atoms with van der Waals surface area (Å²) in [4.78, 5) is 26.6. The topological polar surface area (TPSA) is 94.3 Å². The fraction of sp³-hybridized carbons (Fsp3) is 0.409. The van der Waals surface area contributed by atoms with Gasteiger partial charge in [0.05, 0.1) is 6.10 Å². The number of halogens is 1. The highest BCUT2D eigenvalue weighted by molar-refractivity contribution is 5.96. The molecule has 0 radical (unpaired) electrons. The smallest absolute Gasteiger partial charge is 0.267 e. The Hall–Kier alpha value is -2.80. The van der Waals surface area contributed by atoms with Gasteiger partial charge in [-0.1, -0.05) is 39.0 Å². The highest BCUT2D eigenvalue weighted by Crippen LogP contribution is 2.20. The Morgan fingerprint density at radius 2 is 1.93 bits per heavy atom. The zero-order valence-corrected chi connectivity index (χ0v) is 17.4. The van der Waals surface area contributed by atoms with Gasteiger partial charge >= 0.3 is 0 Å². The van der Waals surface area contributed by atoms with Crippen LogP contribution in [0.4, 0.5) is 10.1 Å². The lowest BCUT2D eigenvalue weighted by Gasteiger charge is -2.11. The molecule has 2 heterocycles. The molecule has 0 saturated carbocycles. The maximum atomic E-state index is 12.6. The van der Waals surface area contributed by atoms with Crippen molar-refractivity contribution in [3.05, 3.63) is 59.7 Å². The van der Waals surface area contributed by atoms with Crippen LogP contribution >= 0.6 is 0 Å². The van der Waals surface area contributed by atoms with Crippen LogP contribution in [0.1, 0.15) is 56.6 Å². The van der Waals surface area contributed by atoms with E-state index in [2.05, 4.69) is 10.3 Å². The van der Waals surface area contributed by atoms with Crippen LogP contribution in [0.15, 0.2) is 42.6 Å². The number of aromatic nitrogens is 1. The molecule has 1 aromatic carbocycles. The lowest BCUT2D eigenvalue weighted by Crippen LogP contribution is -2.28. The lowest BCUT2D eigenvalue weighted by atomic mass is 10.2. The normalized spacial score (nSPS) is 17.3. The average Bonchev–Trinajstić information content (AvgIpc) is 3.17. The van der Waals surface area contributed by atoms with Crippen molar-refractivity contribution in [3.63, 3.8) is 0 Å². The second kappa shape index (κ2) is 12.6. The molecule has 6 nitrogen and oxygen atoms in total. The fourth-order valence-electron chi connectivity index (χ4n) is 2.65. The first-order valence-corrected chi connectivity index (χ1v) is 9.86. The number of aryl methyl sites for hydroxylation is 1. The Morgan fingerprint density at radius 3 is 2.45 bits per heavy atom. The van der Waals surface area contributed by atoms with Gasteiger partial charge in [0.15, 0.2) is 0 Å². The summed E-state index contributed by atoms with van der Waals surface area (Å²) in [6.45, 7) is 7.88. The first-order chi connectivity index (χ1) is 13.9. The predicted molar refractivity (Wildman–Crippen MR) is 112 cm³/mol. The number of amides is 2. The van der Waals surface area contributed by atoms with Gasteiger partial charge in [-0.2, -0.15) is 0 Å². The van der Waals surface area contributed by atoms with Crippen molar-refractivity contribution in [2.24, 2.45) is 5.73 Å². The van der Waals surface area contributed by atoms with Crippen molar-refractivity contribution >= 4 is 17.5 Å². The minimum Gasteiger partial charge on any atom is -0.365 e. The number of carbonyl (C=O) groups excluding carboxylic acids is 2. The van der Waals surface area contributed by atoms with Crippen molar-refractivity contribution in [2.75, 3.05) is 5.32 Å². The van der Waals surface area contributed by atoms with Crippen molar-refractivity contribution in [3.8, 4) is 0 Å². The number of hydrogen-bond donors (Lipinski definition) is 2. The number of pyridine rings is 1. The molecule has 1 aliphatic heterocycles. The maximum absolute atomic E-state index is 12.6. The molecule has 0 aliphatic carbocycles. The largest absolute Gasteiger partial charge is 0.365 e. The summed E-state index contributed by atoms with van der Waals surface area (Å²) in [5, 5.41) is 2.69. The molecule has 2 unspecified atom stereocenters. The van der Waals surface area contributed by atoms with Crippen LogP contribution in [0.5, 0.6) is 0 Å². The number of benzene rings is 1. The van der Waals surface area contributed by atoms with Gasteiger partial charge in [-0.25, -0.2) is 4.39 Å². The Morgan fingerprint density at radius 1 is 1.24 bits per heavy atom. The van der Waals surface area contributed by atoms with Crippen LogP contribution in [0, 0.1) is 5.82 Å². The third-order valence-electron chi connectivity index (χ3n) is 4.14. The summed E-state index contributed by atoms with van der Waals surface area (Å²) in [6, 6.07) is 9.88. The molecule has 2 amide bonds. The Labute approximate surface area is 171 Å². The quantitative estimate of drug-likeness (QED) is 0.803. The predicted octanol–water partition coefficient (Wildman–Crippen LogP) is 4.10. The first kappa shape index (κ1) is 24.2. The van der Waals surface area contributed by atoms with Crippen LogP contribution in [0.2, 0.25) is 0 Å². The van der Waals surface area contributed by atoms with E-state index in [1.165, 1.54) is 18.3 Å². The van der Waals surface area contributed by atoms with Gasteiger partial charge in [0.25, 0.3) is 11.8 Å². The molecule has 1 aliphatic rings. The van der Waals surface area contributed by atoms with E-state index in [-0.39, 0.29) is 23.5 Å². The van der Waals surface area contributed by atoms with E-state index in [0.717, 1.165) is 18.4 Å². The number of ether oxygens (including phenoxy) is 1. The molecule has 29 heavy (non-hydrogen) atoms. The molecule has 1 saturated heterocycles. The van der Waals surface area contributed by atoms with E-state index in [0.29, 0.717) is 12.1 Å². The number of nitrogens with one attached hydrogen (secondary N) is 1. The van der Waals surface area contributed by atoms with Gasteiger partial charge in [0, 0.05) is 11.9 Å². The Bertz CT molecular complexity index is 798. The Kier molecular flexibility index (Phi) is 10.5. The number of rotatable bonds is 4. The SMILES string of the molecule is CC.CC1CCC(C(=O)Nc2ccnc(C(N)=O)c2)O1.CCc1ccccc1F. The minimum atomic E-state index is -0.628. The highest BCUT2D eigenvalue weighted by atomic mass is 19.1. The molecule has 0 bridgehead atoms. The second-order valence-electron chi connectivity index (χ2n) is 6.24. The van der Waals surface area contributed by atoms with Crippen molar-refractivity contribution in [1.82, 2.24) is 4.98 Å². The monoisotopic (exact) mass is 403 g/mol. The first-order valence-electron chi connectivity index (χ1n) is 9.86. The average molecular weight is 403 g/mol. The van der Waals surface area contributed by atoms with E-state index < -0.39 is 12.0 Å². The molecule has 0 spiro atoms. The summed E-state index contributed by atoms with van der Waals surface area (Å²) in [5.41, 5.74) is 6.52. The zero-order valence-electron chi connectivity index (χ0n) is 17.4. The summed E-state index contributed by atoms with van der Waals surface area (Å²) < 4.78 is 18.0. The van der Waals surface area contributed by atoms with Crippen molar-refractivity contribution in [2.45, 2.75) is 59.2 Å². The van der Waals surface area contributed by atoms with Gasteiger partial charge in [0.2, 0.25) is 0 Å². The number of primary amides is 1. The zero-order chi connectivity index (χ0) is 21.8. The number of anilines is 1. The molecule has 2 atom stereocenters. The number of carbonyl (C=O) groups is 2. The van der Waals surface area contributed by atoms with Crippen LogP contribution in [0.25, 0.3) is 0 Å². The van der Waals surface area contributed by atoms with Crippen LogP contribution in [0.3, 0.4) is 0 Å². The molecule has 1 fully saturated rings. The maximum Gasteiger partial charge on any atom is 0.267 e. The third-order valence-corrected chi connectivity index (χ3v) is 4.14. The standard InChI is InChI=1S/C12H15N3O3.C8H9F.C2H6/c1-7-2-3-10(18-7)12(17)15-8-4-5-14-9(6-8)11(13)16;1-2-7-5-3-4-6-8(7)9;1-2/h4-7,10H,2-3H2,1H3,(H2,13,16)(H,14,15,17);3-6H,2H2,1H3;1-2H3. The summed E-state index contributed by atoms with van der Waals surface area (Å²) in [5.74, 6) is -0.933. The van der Waals surface area contributed by atoms with E-state index in [9.17, 15) is 14.0 Å². The van der Waals surface area contributed by atoms with Crippen LogP contribution < -0.4 is 11.1 Å². The fourth-order valence-corrected chi connectivity index (χ4v) is 2.65. The number of nitrogens with two attached hydrogens (primary N) is 1. The van der Waals surface area contributed by atoms with Gasteiger partial charge in [-0.3, -0.25) is 14.6 Å². The van der Waals surface area contributed by atoms with Crippen LogP contribution in [-0.4, -0.2) is 29.0 Å². The van der Waals surface area contributed by atoms with Gasteiger partial charge in [-0.05, 0) is 49.9 Å². The molecular weight excluding hydrogens is 373 g/mol. The second-order valence-corrected chi connectivity index (χ2v) is 6.24. The lowest BCUT2D eigenvalue weighted by molar-refractivity contribution is -0.126. The van der Waals surface area contributed by atoms with E-state index in [1.807, 2.05) is 33.8 Å². The van der Waals surface area contributed by atoms with E-state index >= 15 is 0 Å². The van der Waals surface area contributed by atoms with Crippen molar-refractivity contribution < 1.29 is 18.7 Å². The number of nitrogens with zero attached hydrogens (tertiary/aromatic N) is 1. The van der Waals surface area contributed by atoms with Crippen LogP contribution in [-0.2, 0) is 16.0 Å². The molecule has 7 heteroatoms. The van der Waals surface area contributed by atoms with Gasteiger partial charge in [0.1, 0.15) is 17.6 Å². The molecule has 2 aromatic rings. The highest BCUT2D eigenvalue weighted by Gasteiger charge is 2.28. The summed E-state index contributed by atoms with van der Waals surface area (Å²) >= 11 is 0. The Balaban J connectivity index is 0.000000321. The van der Waals surface area contributed by atoms with Crippen molar-refractivity contribution in [1.29, 1.82) is 0 Å². The molecular formula is C22H30FN3O3. The van der Waals surface area contributed by atoms with Gasteiger partial charge < -0.3 is 15.8 Å². The summed E-state index contributed by atoms with van der Waals surface area (Å²) in [6.07, 6.45) is 3.46. The van der Waals surface area contributed by atoms with E-state index in [4.69, 9.17) is 10.5 Å². The molecule has 1 aromatic heterocycles. The third kappa shape index (κ3) is 7.99. The van der Waals surface area contributed by atoms with Gasteiger partial charge in [-0.15, -0.1) is 0 Å². The summed E-state index contributed by atoms with van der Waals surface area (Å²) in [7, 11) is 0. The molecule has 3 rings (SSSR count). The molecule has 158 valence electrons. The number of hydrogen-bond acceptors (Lipinski definition) is 4. The minimum absolute atomic E-state index is 0.0972. The molecule has 3 N–H and O–H groups in total. The van der Waals surface area contributed by atoms with E-state index in [1.54, 1.807) is 18.2 Å².